The molecule has 23 heavy (non-hydrogen) atoms. The maximum absolute atomic E-state index is 12.1. The Hall–Kier alpha value is -1.14. The molecule has 6 heteroatoms. The third-order valence-corrected chi connectivity index (χ3v) is 5.23. The van der Waals surface area contributed by atoms with Gasteiger partial charge in [0.05, 0.1) is 6.04 Å². The molecule has 1 aliphatic heterocycles. The normalized spacial score (nSPS) is 18.3. The second kappa shape index (κ2) is 7.62. The molecule has 1 saturated heterocycles. The van der Waals surface area contributed by atoms with Gasteiger partial charge in [-0.25, -0.2) is 9.78 Å². The van der Waals surface area contributed by atoms with Gasteiger partial charge in [0, 0.05) is 31.2 Å². The molecule has 1 aromatic heterocycles. The predicted octanol–water partition coefficient (Wildman–Crippen LogP) is 3.78. The highest BCUT2D eigenvalue weighted by Crippen LogP contribution is 2.25. The maximum Gasteiger partial charge on any atom is 0.410 e. The number of nitrogens with zero attached hydrogens (tertiary/aromatic N) is 3. The molecule has 1 unspecified atom stereocenters. The molecule has 0 aliphatic carbocycles. The monoisotopic (exact) mass is 339 g/mol. The van der Waals surface area contributed by atoms with Crippen molar-refractivity contribution in [3.8, 4) is 0 Å². The fourth-order valence-corrected chi connectivity index (χ4v) is 3.58. The topological polar surface area (TPSA) is 45.7 Å². The number of rotatable bonds is 4. The number of carbonyl (C=O) groups excluding carboxylic acids is 1. The summed E-state index contributed by atoms with van der Waals surface area (Å²) in [5.74, 6) is 0.626. The maximum atomic E-state index is 12.1. The van der Waals surface area contributed by atoms with Crippen LogP contribution in [0.15, 0.2) is 11.6 Å². The molecule has 1 amide bonds. The second-order valence-corrected chi connectivity index (χ2v) is 8.32. The standard InChI is InChI=1S/C17H29N3O2S/c1-13(15-18-8-11-23-15)19(5)12-14-6-9-20(10-7-14)16(21)22-17(2,3)4/h8,11,13-14H,6-7,9-10,12H2,1-5H3. The lowest BCUT2D eigenvalue weighted by molar-refractivity contribution is 0.0168. The molecule has 0 aromatic carbocycles. The highest BCUT2D eigenvalue weighted by molar-refractivity contribution is 7.09. The highest BCUT2D eigenvalue weighted by Gasteiger charge is 2.28. The second-order valence-electron chi connectivity index (χ2n) is 7.40. The summed E-state index contributed by atoms with van der Waals surface area (Å²) < 4.78 is 5.45. The van der Waals surface area contributed by atoms with E-state index in [4.69, 9.17) is 4.74 Å². The van der Waals surface area contributed by atoms with Crippen LogP contribution in [0, 0.1) is 5.92 Å². The Labute approximate surface area is 143 Å². The first-order valence-corrected chi connectivity index (χ1v) is 9.22. The van der Waals surface area contributed by atoms with E-state index in [0.717, 1.165) is 32.5 Å². The van der Waals surface area contributed by atoms with Gasteiger partial charge in [0.25, 0.3) is 0 Å². The Morgan fingerprint density at radius 1 is 1.48 bits per heavy atom. The Kier molecular flexibility index (Phi) is 6.03. The fourth-order valence-electron chi connectivity index (χ4n) is 2.82. The van der Waals surface area contributed by atoms with Crippen molar-refractivity contribution in [2.24, 2.45) is 5.92 Å². The molecule has 0 radical (unpaired) electrons. The van der Waals surface area contributed by atoms with Crippen LogP contribution in [0.5, 0.6) is 0 Å². The summed E-state index contributed by atoms with van der Waals surface area (Å²) in [7, 11) is 2.16. The highest BCUT2D eigenvalue weighted by atomic mass is 32.1. The lowest BCUT2D eigenvalue weighted by atomic mass is 9.96. The van der Waals surface area contributed by atoms with Crippen LogP contribution in [0.1, 0.15) is 51.6 Å². The largest absolute Gasteiger partial charge is 0.444 e. The molecular weight excluding hydrogens is 310 g/mol. The first-order valence-electron chi connectivity index (χ1n) is 8.34. The zero-order valence-electron chi connectivity index (χ0n) is 14.9. The Morgan fingerprint density at radius 3 is 2.65 bits per heavy atom. The van der Waals surface area contributed by atoms with Crippen LogP contribution in [0.2, 0.25) is 0 Å². The smallest absolute Gasteiger partial charge is 0.410 e. The van der Waals surface area contributed by atoms with Gasteiger partial charge in [-0.15, -0.1) is 11.3 Å². The van der Waals surface area contributed by atoms with Gasteiger partial charge in [-0.05, 0) is 53.5 Å². The minimum Gasteiger partial charge on any atom is -0.444 e. The van der Waals surface area contributed by atoms with Crippen LogP contribution < -0.4 is 0 Å². The minimum absolute atomic E-state index is 0.180. The minimum atomic E-state index is -0.419. The Morgan fingerprint density at radius 2 is 2.13 bits per heavy atom. The van der Waals surface area contributed by atoms with E-state index in [0.29, 0.717) is 12.0 Å². The van der Waals surface area contributed by atoms with Crippen LogP contribution in [-0.4, -0.2) is 53.2 Å². The molecule has 130 valence electrons. The van der Waals surface area contributed by atoms with Crippen molar-refractivity contribution in [1.82, 2.24) is 14.8 Å². The number of carbonyl (C=O) groups is 1. The van der Waals surface area contributed by atoms with Crippen molar-refractivity contribution < 1.29 is 9.53 Å². The van der Waals surface area contributed by atoms with Gasteiger partial charge < -0.3 is 9.64 Å². The third-order valence-electron chi connectivity index (χ3n) is 4.28. The summed E-state index contributed by atoms with van der Waals surface area (Å²) in [6.07, 6.45) is 3.76. The zero-order valence-corrected chi connectivity index (χ0v) is 15.7. The number of hydrogen-bond donors (Lipinski definition) is 0. The summed E-state index contributed by atoms with van der Waals surface area (Å²) in [6.45, 7) is 10.6. The molecule has 0 saturated carbocycles. The number of aromatic nitrogens is 1. The molecule has 2 heterocycles. The molecule has 1 atom stereocenters. The van der Waals surface area contributed by atoms with Gasteiger partial charge in [-0.3, -0.25) is 4.90 Å². The summed E-state index contributed by atoms with van der Waals surface area (Å²) >= 11 is 1.71. The molecule has 1 aromatic rings. The molecule has 5 nitrogen and oxygen atoms in total. The van der Waals surface area contributed by atoms with Crippen LogP contribution in [-0.2, 0) is 4.74 Å². The summed E-state index contributed by atoms with van der Waals surface area (Å²) in [6, 6.07) is 0.346. The predicted molar refractivity (Wildman–Crippen MR) is 93.7 cm³/mol. The van der Waals surface area contributed by atoms with Gasteiger partial charge in [0.1, 0.15) is 10.6 Å². The van der Waals surface area contributed by atoms with Crippen molar-refractivity contribution in [2.75, 3.05) is 26.7 Å². The Balaban J connectivity index is 1.77. The van der Waals surface area contributed by atoms with Crippen molar-refractivity contribution in [1.29, 1.82) is 0 Å². The molecule has 1 aliphatic rings. The van der Waals surface area contributed by atoms with Gasteiger partial charge in [-0.1, -0.05) is 0 Å². The van der Waals surface area contributed by atoms with Crippen molar-refractivity contribution >= 4 is 17.4 Å². The van der Waals surface area contributed by atoms with Crippen LogP contribution in [0.3, 0.4) is 0 Å². The van der Waals surface area contributed by atoms with Gasteiger partial charge in [-0.2, -0.15) is 0 Å². The molecular formula is C17H29N3O2S. The van der Waals surface area contributed by atoms with E-state index in [1.54, 1.807) is 11.3 Å². The van der Waals surface area contributed by atoms with E-state index in [1.165, 1.54) is 5.01 Å². The lowest BCUT2D eigenvalue weighted by Gasteiger charge is -2.35. The Bertz CT molecular complexity index is 490. The quantitative estimate of drug-likeness (QED) is 0.837. The van der Waals surface area contributed by atoms with E-state index >= 15 is 0 Å². The average molecular weight is 340 g/mol. The van der Waals surface area contributed by atoms with Crippen LogP contribution >= 0.6 is 11.3 Å². The first-order chi connectivity index (χ1) is 10.8. The van der Waals surface area contributed by atoms with E-state index < -0.39 is 5.60 Å². The van der Waals surface area contributed by atoms with E-state index in [-0.39, 0.29) is 6.09 Å². The summed E-state index contributed by atoms with van der Waals surface area (Å²) in [4.78, 5) is 20.7. The fraction of sp³-hybridized carbons (Fsp3) is 0.765. The number of ether oxygens (including phenoxy) is 1. The number of hydrogen-bond acceptors (Lipinski definition) is 5. The van der Waals surface area contributed by atoms with Gasteiger partial charge >= 0.3 is 6.09 Å². The van der Waals surface area contributed by atoms with Gasteiger partial charge in [0.2, 0.25) is 0 Å². The summed E-state index contributed by atoms with van der Waals surface area (Å²) in [5.41, 5.74) is -0.419. The van der Waals surface area contributed by atoms with Crippen molar-refractivity contribution in [3.63, 3.8) is 0 Å². The van der Waals surface area contributed by atoms with Gasteiger partial charge in [0.15, 0.2) is 0 Å². The number of likely N-dealkylation sites (tertiary alicyclic amines) is 1. The molecule has 0 spiro atoms. The van der Waals surface area contributed by atoms with Crippen LogP contribution in [0.4, 0.5) is 4.79 Å². The molecule has 0 bridgehead atoms. The van der Waals surface area contributed by atoms with E-state index in [2.05, 4.69) is 23.9 Å². The number of amides is 1. The molecule has 2 rings (SSSR count). The summed E-state index contributed by atoms with van der Waals surface area (Å²) in [5, 5.41) is 3.19. The van der Waals surface area contributed by atoms with Crippen molar-refractivity contribution in [2.45, 2.75) is 52.2 Å². The average Bonchev–Trinajstić information content (AvgIpc) is 2.99. The zero-order chi connectivity index (χ0) is 17.0. The number of piperidine rings is 1. The van der Waals surface area contributed by atoms with E-state index in [1.807, 2.05) is 37.2 Å². The number of thiazole rings is 1. The van der Waals surface area contributed by atoms with E-state index in [9.17, 15) is 4.79 Å². The third kappa shape index (κ3) is 5.46. The van der Waals surface area contributed by atoms with Crippen molar-refractivity contribution in [3.05, 3.63) is 16.6 Å². The SMILES string of the molecule is CC(c1nccs1)N(C)CC1CCN(C(=O)OC(C)(C)C)CC1. The molecule has 1 fully saturated rings. The first kappa shape index (κ1) is 18.2. The van der Waals surface area contributed by atoms with Crippen LogP contribution in [0.25, 0.3) is 0 Å². The lowest BCUT2D eigenvalue weighted by Crippen LogP contribution is -2.43. The molecule has 0 N–H and O–H groups in total.